The topological polar surface area (TPSA) is 75.7 Å². The number of sulfonamides is 1. The second-order valence-electron chi connectivity index (χ2n) is 4.70. The maximum atomic E-state index is 12.3. The molecule has 0 aromatic carbocycles. The zero-order valence-corrected chi connectivity index (χ0v) is 12.5. The number of nitrogens with zero attached hydrogens (tertiary/aromatic N) is 1. The number of piperidine rings is 1. The zero-order valence-electron chi connectivity index (χ0n) is 11.7. The van der Waals surface area contributed by atoms with Gasteiger partial charge in [-0.05, 0) is 25.8 Å². The van der Waals surface area contributed by atoms with E-state index >= 15 is 0 Å². The van der Waals surface area contributed by atoms with Crippen LogP contribution in [0.2, 0.25) is 0 Å². The smallest absolute Gasteiger partial charge is 0.305 e. The highest BCUT2D eigenvalue weighted by Crippen LogP contribution is 2.16. The summed E-state index contributed by atoms with van der Waals surface area (Å²) in [5, 5.41) is 3.22. The van der Waals surface area contributed by atoms with Gasteiger partial charge >= 0.3 is 5.97 Å². The Balaban J connectivity index is 2.54. The van der Waals surface area contributed by atoms with Crippen LogP contribution in [0.1, 0.15) is 32.6 Å². The van der Waals surface area contributed by atoms with Crippen molar-refractivity contribution in [2.24, 2.45) is 0 Å². The monoisotopic (exact) mass is 292 g/mol. The number of rotatable bonds is 7. The third-order valence-corrected chi connectivity index (χ3v) is 5.43. The molecule has 1 heterocycles. The van der Waals surface area contributed by atoms with Gasteiger partial charge in [0.15, 0.2) is 0 Å². The van der Waals surface area contributed by atoms with Crippen LogP contribution in [0.15, 0.2) is 0 Å². The molecule has 0 bridgehead atoms. The molecule has 0 amide bonds. The number of likely N-dealkylation sites (N-methyl/N-ethyl adjacent to an activating group) is 1. The Morgan fingerprint density at radius 1 is 1.47 bits per heavy atom. The molecule has 19 heavy (non-hydrogen) atoms. The number of ether oxygens (including phenoxy) is 1. The summed E-state index contributed by atoms with van der Waals surface area (Å²) in [5.41, 5.74) is 0. The number of esters is 1. The van der Waals surface area contributed by atoms with Gasteiger partial charge in [0, 0.05) is 25.6 Å². The quantitative estimate of drug-likeness (QED) is 0.685. The normalized spacial score (nSPS) is 20.5. The third-order valence-electron chi connectivity index (χ3n) is 3.36. The lowest BCUT2D eigenvalue weighted by Gasteiger charge is -2.33. The van der Waals surface area contributed by atoms with Crippen LogP contribution < -0.4 is 5.32 Å². The summed E-state index contributed by atoms with van der Waals surface area (Å²) >= 11 is 0. The summed E-state index contributed by atoms with van der Waals surface area (Å²) in [4.78, 5) is 11.0. The van der Waals surface area contributed by atoms with Gasteiger partial charge in [0.25, 0.3) is 0 Å². The first-order chi connectivity index (χ1) is 9.01. The minimum atomic E-state index is -3.29. The minimum Gasteiger partial charge on any atom is -0.469 e. The molecule has 1 fully saturated rings. The highest BCUT2D eigenvalue weighted by Gasteiger charge is 2.29. The van der Waals surface area contributed by atoms with Gasteiger partial charge in [0.05, 0.1) is 12.9 Å². The molecule has 1 atom stereocenters. The van der Waals surface area contributed by atoms with E-state index in [-0.39, 0.29) is 24.2 Å². The third kappa shape index (κ3) is 5.08. The van der Waals surface area contributed by atoms with Crippen molar-refractivity contribution < 1.29 is 17.9 Å². The Hall–Kier alpha value is -0.660. The molecule has 1 rings (SSSR count). The standard InChI is InChI=1S/C12H24N2O4S/c1-3-14(11-6-4-8-13-10-11)19(16,17)9-5-7-12(15)18-2/h11,13H,3-10H2,1-2H3. The molecule has 0 radical (unpaired) electrons. The van der Waals surface area contributed by atoms with Gasteiger partial charge in [0.2, 0.25) is 10.0 Å². The molecular weight excluding hydrogens is 268 g/mol. The SMILES string of the molecule is CCN(C1CCCNC1)S(=O)(=O)CCCC(=O)OC. The summed E-state index contributed by atoms with van der Waals surface area (Å²) in [5.74, 6) is -0.357. The fourth-order valence-electron chi connectivity index (χ4n) is 2.38. The molecule has 1 N–H and O–H groups in total. The fraction of sp³-hybridized carbons (Fsp3) is 0.917. The number of nitrogens with one attached hydrogen (secondary N) is 1. The lowest BCUT2D eigenvalue weighted by Crippen LogP contribution is -2.49. The Morgan fingerprint density at radius 2 is 2.21 bits per heavy atom. The molecule has 1 saturated heterocycles. The molecular formula is C12H24N2O4S. The number of carbonyl (C=O) groups is 1. The van der Waals surface area contributed by atoms with Crippen molar-refractivity contribution in [1.29, 1.82) is 0 Å². The van der Waals surface area contributed by atoms with Crippen molar-refractivity contribution in [2.75, 3.05) is 32.5 Å². The highest BCUT2D eigenvalue weighted by molar-refractivity contribution is 7.89. The van der Waals surface area contributed by atoms with Crippen LogP contribution >= 0.6 is 0 Å². The van der Waals surface area contributed by atoms with E-state index in [2.05, 4.69) is 10.1 Å². The molecule has 1 aliphatic rings. The number of hydrogen-bond acceptors (Lipinski definition) is 5. The molecule has 0 saturated carbocycles. The summed E-state index contributed by atoms with van der Waals surface area (Å²) in [7, 11) is -1.98. The van der Waals surface area contributed by atoms with E-state index in [1.165, 1.54) is 7.11 Å². The van der Waals surface area contributed by atoms with Crippen LogP contribution in [-0.4, -0.2) is 57.2 Å². The van der Waals surface area contributed by atoms with Crippen molar-refractivity contribution in [3.05, 3.63) is 0 Å². The van der Waals surface area contributed by atoms with Crippen LogP contribution in [-0.2, 0) is 19.6 Å². The Bertz CT molecular complexity index is 377. The van der Waals surface area contributed by atoms with E-state index < -0.39 is 10.0 Å². The van der Waals surface area contributed by atoms with Gasteiger partial charge < -0.3 is 10.1 Å². The summed E-state index contributed by atoms with van der Waals surface area (Å²) in [6.45, 7) is 4.00. The van der Waals surface area contributed by atoms with E-state index in [1.54, 1.807) is 4.31 Å². The molecule has 112 valence electrons. The van der Waals surface area contributed by atoms with Crippen molar-refractivity contribution in [3.63, 3.8) is 0 Å². The summed E-state index contributed by atoms with van der Waals surface area (Å²) < 4.78 is 30.6. The maximum absolute atomic E-state index is 12.3. The van der Waals surface area contributed by atoms with Crippen LogP contribution in [0.3, 0.4) is 0 Å². The Morgan fingerprint density at radius 3 is 2.74 bits per heavy atom. The number of hydrogen-bond donors (Lipinski definition) is 1. The molecule has 0 spiro atoms. The summed E-state index contributed by atoms with van der Waals surface area (Å²) in [6.07, 6.45) is 2.36. The molecule has 6 nitrogen and oxygen atoms in total. The lowest BCUT2D eigenvalue weighted by atomic mass is 10.1. The van der Waals surface area contributed by atoms with E-state index in [0.29, 0.717) is 19.5 Å². The number of carbonyl (C=O) groups excluding carboxylic acids is 1. The lowest BCUT2D eigenvalue weighted by molar-refractivity contribution is -0.140. The van der Waals surface area contributed by atoms with Crippen LogP contribution in [0.4, 0.5) is 0 Å². The predicted molar refractivity (Wildman–Crippen MR) is 73.3 cm³/mol. The molecule has 0 aromatic heterocycles. The Kier molecular flexibility index (Phi) is 6.74. The second kappa shape index (κ2) is 7.81. The first kappa shape index (κ1) is 16.4. The van der Waals surface area contributed by atoms with Crippen LogP contribution in [0.5, 0.6) is 0 Å². The largest absolute Gasteiger partial charge is 0.469 e. The van der Waals surface area contributed by atoms with Gasteiger partial charge in [-0.2, -0.15) is 4.31 Å². The Labute approximate surface area is 115 Å². The van der Waals surface area contributed by atoms with Crippen LogP contribution in [0.25, 0.3) is 0 Å². The van der Waals surface area contributed by atoms with Crippen molar-refractivity contribution in [2.45, 2.75) is 38.6 Å². The zero-order chi connectivity index (χ0) is 14.3. The average Bonchev–Trinajstić information content (AvgIpc) is 2.40. The van der Waals surface area contributed by atoms with E-state index in [0.717, 1.165) is 19.4 Å². The second-order valence-corrected chi connectivity index (χ2v) is 6.74. The maximum Gasteiger partial charge on any atom is 0.305 e. The van der Waals surface area contributed by atoms with Gasteiger partial charge in [-0.25, -0.2) is 8.42 Å². The van der Waals surface area contributed by atoms with E-state index in [1.807, 2.05) is 6.92 Å². The van der Waals surface area contributed by atoms with Gasteiger partial charge in [-0.15, -0.1) is 0 Å². The van der Waals surface area contributed by atoms with E-state index in [4.69, 9.17) is 0 Å². The molecule has 0 aromatic rings. The van der Waals surface area contributed by atoms with Gasteiger partial charge in [-0.1, -0.05) is 6.92 Å². The number of methoxy groups -OCH3 is 1. The fourth-order valence-corrected chi connectivity index (χ4v) is 4.15. The molecule has 7 heteroatoms. The van der Waals surface area contributed by atoms with E-state index in [9.17, 15) is 13.2 Å². The van der Waals surface area contributed by atoms with Gasteiger partial charge in [0.1, 0.15) is 0 Å². The van der Waals surface area contributed by atoms with Crippen molar-refractivity contribution in [1.82, 2.24) is 9.62 Å². The predicted octanol–water partition coefficient (Wildman–Crippen LogP) is 0.343. The first-order valence-electron chi connectivity index (χ1n) is 6.78. The van der Waals surface area contributed by atoms with Crippen molar-refractivity contribution >= 4 is 16.0 Å². The minimum absolute atomic E-state index is 0.00639. The van der Waals surface area contributed by atoms with Crippen molar-refractivity contribution in [3.8, 4) is 0 Å². The van der Waals surface area contributed by atoms with Gasteiger partial charge in [-0.3, -0.25) is 4.79 Å². The molecule has 1 unspecified atom stereocenters. The van der Waals surface area contributed by atoms with Crippen LogP contribution in [0, 0.1) is 0 Å². The summed E-state index contributed by atoms with van der Waals surface area (Å²) in [6, 6.07) is 0.0434. The molecule has 0 aliphatic carbocycles. The highest BCUT2D eigenvalue weighted by atomic mass is 32.2. The first-order valence-corrected chi connectivity index (χ1v) is 8.39. The average molecular weight is 292 g/mol. The molecule has 1 aliphatic heterocycles.